The van der Waals surface area contributed by atoms with Crippen LogP contribution in [-0.2, 0) is 4.79 Å². The quantitative estimate of drug-likeness (QED) is 0.779. The van der Waals surface area contributed by atoms with Gasteiger partial charge < -0.3 is 5.32 Å². The van der Waals surface area contributed by atoms with Gasteiger partial charge in [-0.1, -0.05) is 42.8 Å². The van der Waals surface area contributed by atoms with Crippen LogP contribution in [-0.4, -0.2) is 18.4 Å². The van der Waals surface area contributed by atoms with Crippen molar-refractivity contribution in [2.24, 2.45) is 0 Å². The summed E-state index contributed by atoms with van der Waals surface area (Å²) in [5.74, 6) is 0.222. The summed E-state index contributed by atoms with van der Waals surface area (Å²) in [6, 6.07) is 0. The smallest absolute Gasteiger partial charge is 0.157 e. The summed E-state index contributed by atoms with van der Waals surface area (Å²) in [5.41, 5.74) is 0.208. The van der Waals surface area contributed by atoms with Crippen LogP contribution in [0.1, 0.15) is 32.6 Å². The van der Waals surface area contributed by atoms with E-state index in [0.717, 1.165) is 24.8 Å². The first-order chi connectivity index (χ1) is 8.12. The first-order valence-electron chi connectivity index (χ1n) is 6.00. The monoisotopic (exact) mass is 253 g/mol. The Kier molecular flexibility index (Phi) is 5.16. The summed E-state index contributed by atoms with van der Waals surface area (Å²) in [7, 11) is 1.82. The van der Waals surface area contributed by atoms with Crippen LogP contribution in [0, 0.1) is 0 Å². The molecule has 1 fully saturated rings. The van der Waals surface area contributed by atoms with Gasteiger partial charge in [-0.2, -0.15) is 0 Å². The topological polar surface area (TPSA) is 29.1 Å². The molecule has 1 aliphatic carbocycles. The zero-order valence-electron chi connectivity index (χ0n) is 10.6. The second-order valence-corrected chi connectivity index (χ2v) is 4.66. The summed E-state index contributed by atoms with van der Waals surface area (Å²) in [6.07, 6.45) is 8.82. The number of carbonyl (C=O) groups excluding carboxylic acids is 1. The van der Waals surface area contributed by atoms with Crippen LogP contribution < -0.4 is 5.32 Å². The highest BCUT2D eigenvalue weighted by Crippen LogP contribution is 2.35. The Labute approximate surface area is 108 Å². The second kappa shape index (κ2) is 6.18. The Morgan fingerprint density at radius 1 is 1.53 bits per heavy atom. The Bertz CT molecular complexity index is 370. The van der Waals surface area contributed by atoms with Crippen molar-refractivity contribution in [3.05, 3.63) is 35.4 Å². The second-order valence-electron chi connectivity index (χ2n) is 4.25. The molecule has 94 valence electrons. The Morgan fingerprint density at radius 2 is 2.24 bits per heavy atom. The molecule has 1 rings (SSSR count). The molecule has 0 spiro atoms. The van der Waals surface area contributed by atoms with Crippen LogP contribution in [0.3, 0.4) is 0 Å². The number of hydrogen-bond donors (Lipinski definition) is 1. The van der Waals surface area contributed by atoms with Gasteiger partial charge in [0.25, 0.3) is 0 Å². The number of ketones is 1. The third kappa shape index (κ3) is 2.70. The maximum absolute atomic E-state index is 12.3. The third-order valence-corrected chi connectivity index (χ3v) is 3.70. The van der Waals surface area contributed by atoms with E-state index in [0.29, 0.717) is 11.5 Å². The van der Waals surface area contributed by atoms with Crippen LogP contribution in [0.25, 0.3) is 0 Å². The molecule has 0 aromatic carbocycles. The van der Waals surface area contributed by atoms with Gasteiger partial charge >= 0.3 is 0 Å². The molecule has 2 nitrogen and oxygen atoms in total. The number of Topliss-reactive ketones (excluding diaryl/α,β-unsaturated/α-hetero) is 1. The molecule has 0 amide bonds. The maximum atomic E-state index is 12.3. The third-order valence-electron chi connectivity index (χ3n) is 3.34. The molecule has 0 aromatic rings. The molecule has 0 aliphatic heterocycles. The largest absolute Gasteiger partial charge is 0.304 e. The molecule has 1 N–H and O–H groups in total. The molecule has 0 saturated heterocycles. The highest BCUT2D eigenvalue weighted by Gasteiger charge is 2.41. The number of allylic oxidation sites excluding steroid dienone is 3. The fraction of sp³-hybridized carbons (Fsp3) is 0.500. The molecule has 1 unspecified atom stereocenters. The summed E-state index contributed by atoms with van der Waals surface area (Å²) >= 11 is 6.20. The van der Waals surface area contributed by atoms with Gasteiger partial charge in [0.05, 0.1) is 0 Å². The van der Waals surface area contributed by atoms with Gasteiger partial charge in [0.2, 0.25) is 0 Å². The van der Waals surface area contributed by atoms with Gasteiger partial charge in [0, 0.05) is 11.5 Å². The summed E-state index contributed by atoms with van der Waals surface area (Å²) < 4.78 is 0. The number of rotatable bonds is 4. The van der Waals surface area contributed by atoms with Crippen molar-refractivity contribution < 1.29 is 4.79 Å². The van der Waals surface area contributed by atoms with Gasteiger partial charge in [0.1, 0.15) is 5.54 Å². The van der Waals surface area contributed by atoms with Gasteiger partial charge in [-0.3, -0.25) is 4.79 Å². The molecule has 1 atom stereocenters. The van der Waals surface area contributed by atoms with Crippen molar-refractivity contribution in [1.29, 1.82) is 0 Å². The minimum Gasteiger partial charge on any atom is -0.304 e. The Morgan fingerprint density at radius 3 is 2.71 bits per heavy atom. The molecule has 3 heteroatoms. The SMILES string of the molecule is C=C/C(Cl)=C(\C=C/C)C1(NC)CCCCC1=O. The fourth-order valence-electron chi connectivity index (χ4n) is 2.41. The van der Waals surface area contributed by atoms with Gasteiger partial charge in [0.15, 0.2) is 5.78 Å². The molecule has 0 heterocycles. The normalized spacial score (nSPS) is 27.1. The predicted octanol–water partition coefficient (Wildman–Crippen LogP) is 3.34. The first-order valence-corrected chi connectivity index (χ1v) is 6.37. The van der Waals surface area contributed by atoms with Crippen molar-refractivity contribution in [3.8, 4) is 0 Å². The predicted molar refractivity (Wildman–Crippen MR) is 73.2 cm³/mol. The Balaban J connectivity index is 3.30. The lowest BCUT2D eigenvalue weighted by Gasteiger charge is -2.37. The van der Waals surface area contributed by atoms with Crippen LogP contribution in [0.15, 0.2) is 35.4 Å². The zero-order valence-corrected chi connectivity index (χ0v) is 11.3. The number of halogens is 1. The molecule has 1 aliphatic rings. The van der Waals surface area contributed by atoms with E-state index < -0.39 is 5.54 Å². The van der Waals surface area contributed by atoms with Gasteiger partial charge in [-0.05, 0) is 32.4 Å². The summed E-state index contributed by atoms with van der Waals surface area (Å²) in [5, 5.41) is 3.73. The lowest BCUT2D eigenvalue weighted by atomic mass is 9.75. The minimum atomic E-state index is -0.629. The number of nitrogens with one attached hydrogen (secondary N) is 1. The summed E-state index contributed by atoms with van der Waals surface area (Å²) in [4.78, 5) is 12.3. The lowest BCUT2D eigenvalue weighted by Crippen LogP contribution is -2.53. The highest BCUT2D eigenvalue weighted by molar-refractivity contribution is 6.32. The number of likely N-dealkylation sites (N-methyl/N-ethyl adjacent to an activating group) is 1. The highest BCUT2D eigenvalue weighted by atomic mass is 35.5. The fourth-order valence-corrected chi connectivity index (χ4v) is 2.64. The van der Waals surface area contributed by atoms with Crippen molar-refractivity contribution >= 4 is 17.4 Å². The van der Waals surface area contributed by atoms with Crippen molar-refractivity contribution in [2.45, 2.75) is 38.1 Å². The lowest BCUT2D eigenvalue weighted by molar-refractivity contribution is -0.125. The van der Waals surface area contributed by atoms with Gasteiger partial charge in [-0.15, -0.1) is 0 Å². The van der Waals surface area contributed by atoms with E-state index in [1.54, 1.807) is 6.08 Å². The van der Waals surface area contributed by atoms with Crippen LogP contribution >= 0.6 is 11.6 Å². The van der Waals surface area contributed by atoms with Crippen molar-refractivity contribution in [1.82, 2.24) is 5.32 Å². The molecular formula is C14H20ClNO. The van der Waals surface area contributed by atoms with Crippen molar-refractivity contribution in [3.63, 3.8) is 0 Å². The van der Waals surface area contributed by atoms with Crippen molar-refractivity contribution in [2.75, 3.05) is 7.05 Å². The molecule has 0 aromatic heterocycles. The molecular weight excluding hydrogens is 234 g/mol. The first kappa shape index (κ1) is 14.2. The number of carbonyl (C=O) groups is 1. The molecule has 17 heavy (non-hydrogen) atoms. The maximum Gasteiger partial charge on any atom is 0.157 e. The standard InChI is InChI=1S/C14H20ClNO/c1-4-8-11(12(15)5-2)14(16-3)10-7-6-9-13(14)17/h4-5,8,16H,2,6-7,9-10H2,1,3H3/b8-4-,12-11-. The Hall–Kier alpha value is -0.860. The number of hydrogen-bond acceptors (Lipinski definition) is 2. The molecule has 1 saturated carbocycles. The average molecular weight is 254 g/mol. The van der Waals surface area contributed by atoms with E-state index in [2.05, 4.69) is 11.9 Å². The molecule has 0 radical (unpaired) electrons. The zero-order chi connectivity index (χ0) is 12.9. The van der Waals surface area contributed by atoms with Crippen LogP contribution in [0.5, 0.6) is 0 Å². The average Bonchev–Trinajstić information content (AvgIpc) is 2.36. The van der Waals surface area contributed by atoms with E-state index in [4.69, 9.17) is 11.6 Å². The van der Waals surface area contributed by atoms with E-state index in [1.807, 2.05) is 26.1 Å². The minimum absolute atomic E-state index is 0.222. The van der Waals surface area contributed by atoms with E-state index >= 15 is 0 Å². The molecule has 0 bridgehead atoms. The van der Waals surface area contributed by atoms with E-state index in [1.165, 1.54) is 0 Å². The van der Waals surface area contributed by atoms with Crippen LogP contribution in [0.4, 0.5) is 0 Å². The van der Waals surface area contributed by atoms with Crippen LogP contribution in [0.2, 0.25) is 0 Å². The van der Waals surface area contributed by atoms with E-state index in [9.17, 15) is 4.79 Å². The summed E-state index contributed by atoms with van der Waals surface area (Å²) in [6.45, 7) is 5.61. The van der Waals surface area contributed by atoms with E-state index in [-0.39, 0.29) is 5.78 Å². The van der Waals surface area contributed by atoms with Gasteiger partial charge in [-0.25, -0.2) is 0 Å².